The number of ether oxygens (including phenoxy) is 1. The van der Waals surface area contributed by atoms with Gasteiger partial charge in [0.05, 0.1) is 29.3 Å². The average Bonchev–Trinajstić information content (AvgIpc) is 2.28. The molecule has 0 aliphatic rings. The molecule has 0 aromatic heterocycles. The first kappa shape index (κ1) is 12.7. The van der Waals surface area contributed by atoms with Gasteiger partial charge in [-0.25, -0.2) is 0 Å². The SMILES string of the molecule is CCC(O)COc1ccc(N=NCl)cc1N. The molecule has 1 aromatic rings. The molecule has 0 aliphatic carbocycles. The monoisotopic (exact) mass is 243 g/mol. The van der Waals surface area contributed by atoms with Gasteiger partial charge in [0.1, 0.15) is 12.4 Å². The van der Waals surface area contributed by atoms with E-state index in [1.165, 1.54) is 0 Å². The Balaban J connectivity index is 2.68. The topological polar surface area (TPSA) is 80.2 Å². The van der Waals surface area contributed by atoms with Crippen molar-refractivity contribution in [2.45, 2.75) is 19.4 Å². The number of nitrogens with two attached hydrogens (primary N) is 1. The van der Waals surface area contributed by atoms with Crippen LogP contribution in [-0.2, 0) is 0 Å². The van der Waals surface area contributed by atoms with Gasteiger partial charge < -0.3 is 15.6 Å². The summed E-state index contributed by atoms with van der Waals surface area (Å²) in [5, 5.41) is 13.0. The van der Waals surface area contributed by atoms with Crippen molar-refractivity contribution in [3.63, 3.8) is 0 Å². The van der Waals surface area contributed by atoms with Crippen LogP contribution in [0.3, 0.4) is 0 Å². The molecule has 3 N–H and O–H groups in total. The van der Waals surface area contributed by atoms with Crippen molar-refractivity contribution in [2.24, 2.45) is 9.75 Å². The highest BCUT2D eigenvalue weighted by molar-refractivity contribution is 6.14. The van der Waals surface area contributed by atoms with Crippen LogP contribution >= 0.6 is 11.8 Å². The quantitative estimate of drug-likeness (QED) is 0.616. The second-order valence-corrected chi connectivity index (χ2v) is 3.42. The van der Waals surface area contributed by atoms with Gasteiger partial charge in [-0.05, 0) is 24.6 Å². The van der Waals surface area contributed by atoms with Crippen LogP contribution in [0, 0.1) is 0 Å². The van der Waals surface area contributed by atoms with E-state index in [2.05, 4.69) is 9.75 Å². The Morgan fingerprint density at radius 1 is 1.56 bits per heavy atom. The molecule has 88 valence electrons. The Hall–Kier alpha value is -1.33. The predicted molar refractivity (Wildman–Crippen MR) is 63.0 cm³/mol. The van der Waals surface area contributed by atoms with Crippen LogP contribution < -0.4 is 10.5 Å². The third-order valence-corrected chi connectivity index (χ3v) is 2.12. The first-order chi connectivity index (χ1) is 7.67. The van der Waals surface area contributed by atoms with Gasteiger partial charge in [-0.1, -0.05) is 11.6 Å². The Kier molecular flexibility index (Phi) is 5.01. The summed E-state index contributed by atoms with van der Waals surface area (Å²) in [6.07, 6.45) is 0.153. The van der Waals surface area contributed by atoms with Gasteiger partial charge >= 0.3 is 0 Å². The van der Waals surface area contributed by atoms with Gasteiger partial charge in [0.25, 0.3) is 0 Å². The van der Waals surface area contributed by atoms with E-state index in [1.54, 1.807) is 18.2 Å². The second kappa shape index (κ2) is 6.30. The van der Waals surface area contributed by atoms with E-state index in [-0.39, 0.29) is 6.61 Å². The zero-order valence-corrected chi connectivity index (χ0v) is 9.68. The number of aliphatic hydroxyl groups excluding tert-OH is 1. The van der Waals surface area contributed by atoms with Crippen molar-refractivity contribution in [1.29, 1.82) is 0 Å². The van der Waals surface area contributed by atoms with E-state index in [9.17, 15) is 5.11 Å². The number of benzene rings is 1. The predicted octanol–water partition coefficient (Wildman–Crippen LogP) is 2.66. The summed E-state index contributed by atoms with van der Waals surface area (Å²) in [4.78, 5) is 0. The normalized spacial score (nSPS) is 12.9. The third-order valence-electron chi connectivity index (χ3n) is 2.05. The summed E-state index contributed by atoms with van der Waals surface area (Å²) in [6.45, 7) is 2.10. The molecule has 1 aromatic carbocycles. The molecular formula is C10H14ClN3O2. The van der Waals surface area contributed by atoms with Crippen LogP contribution in [0.25, 0.3) is 0 Å². The summed E-state index contributed by atoms with van der Waals surface area (Å²) in [6, 6.07) is 4.94. The second-order valence-electron chi connectivity index (χ2n) is 3.27. The summed E-state index contributed by atoms with van der Waals surface area (Å²) in [7, 11) is 0. The van der Waals surface area contributed by atoms with Crippen LogP contribution in [0.2, 0.25) is 0 Å². The van der Waals surface area contributed by atoms with Crippen molar-refractivity contribution < 1.29 is 9.84 Å². The van der Waals surface area contributed by atoms with Crippen LogP contribution in [0.1, 0.15) is 13.3 Å². The molecular weight excluding hydrogens is 230 g/mol. The molecule has 6 heteroatoms. The molecule has 1 unspecified atom stereocenters. The van der Waals surface area contributed by atoms with E-state index in [1.807, 2.05) is 6.92 Å². The fourth-order valence-corrected chi connectivity index (χ4v) is 1.16. The number of halogens is 1. The molecule has 0 aliphatic heterocycles. The van der Waals surface area contributed by atoms with Gasteiger partial charge in [-0.2, -0.15) is 0 Å². The zero-order chi connectivity index (χ0) is 12.0. The van der Waals surface area contributed by atoms with Gasteiger partial charge in [-0.3, -0.25) is 0 Å². The first-order valence-electron chi connectivity index (χ1n) is 4.89. The molecule has 0 radical (unpaired) electrons. The molecule has 0 spiro atoms. The van der Waals surface area contributed by atoms with Gasteiger partial charge in [-0.15, -0.1) is 5.11 Å². The molecule has 1 rings (SSSR count). The van der Waals surface area contributed by atoms with Crippen molar-refractivity contribution in [1.82, 2.24) is 0 Å². The summed E-state index contributed by atoms with van der Waals surface area (Å²) in [5.74, 6) is 0.515. The Morgan fingerprint density at radius 2 is 2.31 bits per heavy atom. The molecule has 0 amide bonds. The fourth-order valence-electron chi connectivity index (χ4n) is 1.08. The number of nitrogen functional groups attached to an aromatic ring is 1. The number of rotatable bonds is 5. The van der Waals surface area contributed by atoms with E-state index >= 15 is 0 Å². The minimum atomic E-state index is -0.485. The van der Waals surface area contributed by atoms with Gasteiger partial charge in [0, 0.05) is 0 Å². The molecule has 0 bridgehead atoms. The van der Waals surface area contributed by atoms with E-state index in [4.69, 9.17) is 22.2 Å². The Morgan fingerprint density at radius 3 is 2.88 bits per heavy atom. The molecule has 0 saturated carbocycles. The lowest BCUT2D eigenvalue weighted by Gasteiger charge is -2.12. The third kappa shape index (κ3) is 3.67. The average molecular weight is 244 g/mol. The smallest absolute Gasteiger partial charge is 0.142 e. The van der Waals surface area contributed by atoms with Crippen molar-refractivity contribution >= 4 is 23.2 Å². The van der Waals surface area contributed by atoms with E-state index < -0.39 is 6.10 Å². The molecule has 0 saturated heterocycles. The molecule has 16 heavy (non-hydrogen) atoms. The molecule has 1 atom stereocenters. The lowest BCUT2D eigenvalue weighted by atomic mass is 10.2. The van der Waals surface area contributed by atoms with Gasteiger partial charge in [0.15, 0.2) is 0 Å². The highest BCUT2D eigenvalue weighted by Crippen LogP contribution is 2.27. The van der Waals surface area contributed by atoms with Crippen LogP contribution in [0.5, 0.6) is 5.75 Å². The Labute approximate surface area is 99.0 Å². The van der Waals surface area contributed by atoms with Gasteiger partial charge in [0.2, 0.25) is 0 Å². The maximum atomic E-state index is 9.33. The maximum Gasteiger partial charge on any atom is 0.142 e. The highest BCUT2D eigenvalue weighted by Gasteiger charge is 2.05. The summed E-state index contributed by atoms with van der Waals surface area (Å²) >= 11 is 5.10. The van der Waals surface area contributed by atoms with Crippen molar-refractivity contribution in [3.05, 3.63) is 18.2 Å². The lowest BCUT2D eigenvalue weighted by molar-refractivity contribution is 0.105. The first-order valence-corrected chi connectivity index (χ1v) is 5.23. The molecule has 0 heterocycles. The molecule has 5 nitrogen and oxygen atoms in total. The molecule has 0 fully saturated rings. The summed E-state index contributed by atoms with van der Waals surface area (Å²) < 4.78 is 8.47. The largest absolute Gasteiger partial charge is 0.489 e. The minimum Gasteiger partial charge on any atom is -0.489 e. The van der Waals surface area contributed by atoms with Crippen molar-refractivity contribution in [2.75, 3.05) is 12.3 Å². The maximum absolute atomic E-state index is 9.33. The highest BCUT2D eigenvalue weighted by atomic mass is 35.5. The summed E-state index contributed by atoms with van der Waals surface area (Å²) in [5.41, 5.74) is 6.71. The number of hydrogen-bond acceptors (Lipinski definition) is 5. The standard InChI is InChI=1S/C10H14ClN3O2/c1-2-8(15)6-16-10-4-3-7(13-14-11)5-9(10)12/h3-5,8,15H,2,6,12H2,1H3. The number of anilines is 1. The number of aliphatic hydroxyl groups is 1. The van der Waals surface area contributed by atoms with E-state index in [0.717, 1.165) is 0 Å². The number of hydrogen-bond donors (Lipinski definition) is 2. The Bertz CT molecular complexity index is 371. The van der Waals surface area contributed by atoms with Crippen LogP contribution in [-0.4, -0.2) is 17.8 Å². The zero-order valence-electron chi connectivity index (χ0n) is 8.93. The van der Waals surface area contributed by atoms with Crippen LogP contribution in [0.15, 0.2) is 27.9 Å². The fraction of sp³-hybridized carbons (Fsp3) is 0.400. The minimum absolute atomic E-state index is 0.219. The van der Waals surface area contributed by atoms with Crippen LogP contribution in [0.4, 0.5) is 11.4 Å². The lowest BCUT2D eigenvalue weighted by Crippen LogP contribution is -2.16. The van der Waals surface area contributed by atoms with Crippen molar-refractivity contribution in [3.8, 4) is 5.75 Å². The van der Waals surface area contributed by atoms with E-state index in [0.29, 0.717) is 23.5 Å². The number of nitrogens with zero attached hydrogens (tertiary/aromatic N) is 2.